The van der Waals surface area contributed by atoms with Crippen molar-refractivity contribution in [3.05, 3.63) is 29.8 Å². The van der Waals surface area contributed by atoms with E-state index in [-0.39, 0.29) is 29.7 Å². The maximum Gasteiger partial charge on any atom is 0.422 e. The van der Waals surface area contributed by atoms with E-state index < -0.39 is 12.8 Å². The molecule has 2 N–H and O–H groups in total. The molecule has 0 aliphatic carbocycles. The number of aliphatic imine (C=N–C) groups is 1. The molecule has 0 spiro atoms. The Bertz CT molecular complexity index is 530. The summed E-state index contributed by atoms with van der Waals surface area (Å²) in [4.78, 5) is 6.42. The Morgan fingerprint density at radius 3 is 2.46 bits per heavy atom. The van der Waals surface area contributed by atoms with Crippen LogP contribution in [0.15, 0.2) is 29.3 Å². The zero-order chi connectivity index (χ0) is 16.7. The lowest BCUT2D eigenvalue weighted by Gasteiger charge is -2.21. The van der Waals surface area contributed by atoms with E-state index in [4.69, 9.17) is 10.5 Å². The highest BCUT2D eigenvalue weighted by Gasteiger charge is 2.28. The second-order valence-electron chi connectivity index (χ2n) is 5.63. The van der Waals surface area contributed by atoms with Gasteiger partial charge in [0.25, 0.3) is 0 Å². The minimum Gasteiger partial charge on any atom is -0.484 e. The molecule has 0 amide bonds. The molecule has 24 heavy (non-hydrogen) atoms. The number of likely N-dealkylation sites (tertiary alicyclic amines) is 1. The summed E-state index contributed by atoms with van der Waals surface area (Å²) in [6.45, 7) is 0.843. The molecule has 8 heteroatoms. The summed E-state index contributed by atoms with van der Waals surface area (Å²) in [6, 6.07) is 6.50. The molecular weight excluding hydrogens is 434 g/mol. The van der Waals surface area contributed by atoms with Crippen molar-refractivity contribution in [1.29, 1.82) is 0 Å². The van der Waals surface area contributed by atoms with E-state index >= 15 is 0 Å². The molecule has 1 aliphatic heterocycles. The van der Waals surface area contributed by atoms with Crippen LogP contribution in [0.5, 0.6) is 5.75 Å². The summed E-state index contributed by atoms with van der Waals surface area (Å²) in [5, 5.41) is 0. The van der Waals surface area contributed by atoms with Crippen molar-refractivity contribution in [3.8, 4) is 5.75 Å². The van der Waals surface area contributed by atoms with Gasteiger partial charge in [-0.3, -0.25) is 0 Å². The van der Waals surface area contributed by atoms with E-state index in [2.05, 4.69) is 9.89 Å². The molecule has 0 radical (unpaired) electrons. The first-order valence-corrected chi connectivity index (χ1v) is 7.77. The number of nitrogens with two attached hydrogens (primary N) is 1. The Labute approximate surface area is 157 Å². The van der Waals surface area contributed by atoms with Crippen molar-refractivity contribution in [2.45, 2.75) is 38.4 Å². The molecule has 4 nitrogen and oxygen atoms in total. The Morgan fingerprint density at radius 1 is 1.17 bits per heavy atom. The normalized spacial score (nSPS) is 16.3. The number of hydrogen-bond donors (Lipinski definition) is 1. The predicted octanol–water partition coefficient (Wildman–Crippen LogP) is 3.94. The molecule has 1 heterocycles. The largest absolute Gasteiger partial charge is 0.484 e. The van der Waals surface area contributed by atoms with Gasteiger partial charge in [0, 0.05) is 13.1 Å². The van der Waals surface area contributed by atoms with Crippen LogP contribution in [0.3, 0.4) is 0 Å². The van der Waals surface area contributed by atoms with E-state index in [1.165, 1.54) is 18.9 Å². The number of halogens is 4. The minimum atomic E-state index is -4.34. The third-order valence-electron chi connectivity index (χ3n) is 3.65. The number of benzene rings is 1. The zero-order valence-corrected chi connectivity index (χ0v) is 15.7. The first-order chi connectivity index (χ1) is 10.9. The maximum absolute atomic E-state index is 12.2. The molecule has 0 bridgehead atoms. The smallest absolute Gasteiger partial charge is 0.422 e. The summed E-state index contributed by atoms with van der Waals surface area (Å²) >= 11 is 0. The standard InChI is InChI=1S/C16H22F3N3O.HI/c17-16(18,19)12-23-14-7-5-6-13(10-14)11-21-15(20)22-8-3-1-2-4-9-22;/h5-7,10H,1-4,8-9,11-12H2,(H2,20,21);1H. The number of hydrogen-bond acceptors (Lipinski definition) is 2. The van der Waals surface area contributed by atoms with Gasteiger partial charge in [-0.2, -0.15) is 13.2 Å². The Kier molecular flexibility index (Phi) is 8.65. The zero-order valence-electron chi connectivity index (χ0n) is 13.4. The fraction of sp³-hybridized carbons (Fsp3) is 0.562. The summed E-state index contributed by atoms with van der Waals surface area (Å²) in [5.41, 5.74) is 6.78. The molecule has 1 aromatic rings. The van der Waals surface area contributed by atoms with E-state index in [1.807, 2.05) is 0 Å². The molecule has 1 fully saturated rings. The Hall–Kier alpha value is -1.19. The molecule has 1 aliphatic rings. The highest BCUT2D eigenvalue weighted by Crippen LogP contribution is 2.19. The minimum absolute atomic E-state index is 0. The molecule has 1 aromatic carbocycles. The maximum atomic E-state index is 12.2. The third kappa shape index (κ3) is 7.59. The molecule has 0 saturated carbocycles. The van der Waals surface area contributed by atoms with Crippen LogP contribution in [0.1, 0.15) is 31.2 Å². The van der Waals surface area contributed by atoms with Crippen molar-refractivity contribution in [2.24, 2.45) is 10.7 Å². The molecule has 1 saturated heterocycles. The van der Waals surface area contributed by atoms with E-state index in [0.29, 0.717) is 12.5 Å². The Morgan fingerprint density at radius 2 is 1.83 bits per heavy atom. The number of ether oxygens (including phenoxy) is 1. The fourth-order valence-corrected chi connectivity index (χ4v) is 2.47. The van der Waals surface area contributed by atoms with Gasteiger partial charge in [0.05, 0.1) is 6.54 Å². The summed E-state index contributed by atoms with van der Waals surface area (Å²) < 4.78 is 41.2. The summed E-state index contributed by atoms with van der Waals surface area (Å²) in [5.74, 6) is 0.678. The molecular formula is C16H23F3IN3O. The third-order valence-corrected chi connectivity index (χ3v) is 3.65. The van der Waals surface area contributed by atoms with Crippen molar-refractivity contribution in [2.75, 3.05) is 19.7 Å². The molecule has 0 atom stereocenters. The van der Waals surface area contributed by atoms with Crippen molar-refractivity contribution in [1.82, 2.24) is 4.90 Å². The first-order valence-electron chi connectivity index (χ1n) is 7.77. The topological polar surface area (TPSA) is 50.9 Å². The lowest BCUT2D eigenvalue weighted by Crippen LogP contribution is -2.38. The quantitative estimate of drug-likeness (QED) is 0.424. The van der Waals surface area contributed by atoms with Gasteiger partial charge in [0.15, 0.2) is 12.6 Å². The first kappa shape index (κ1) is 20.9. The van der Waals surface area contributed by atoms with E-state index in [1.54, 1.807) is 18.2 Å². The van der Waals surface area contributed by atoms with Gasteiger partial charge in [0.1, 0.15) is 5.75 Å². The number of alkyl halides is 3. The number of guanidine groups is 1. The highest BCUT2D eigenvalue weighted by molar-refractivity contribution is 14.0. The van der Waals surface area contributed by atoms with Crippen LogP contribution in [0.2, 0.25) is 0 Å². The van der Waals surface area contributed by atoms with Crippen molar-refractivity contribution in [3.63, 3.8) is 0 Å². The lowest BCUT2D eigenvalue weighted by atomic mass is 10.2. The van der Waals surface area contributed by atoms with Gasteiger partial charge < -0.3 is 15.4 Å². The molecule has 0 aromatic heterocycles. The summed E-state index contributed by atoms with van der Waals surface area (Å²) in [6.07, 6.45) is 0.296. The average molecular weight is 457 g/mol. The second-order valence-corrected chi connectivity index (χ2v) is 5.63. The predicted molar refractivity (Wildman–Crippen MR) is 98.8 cm³/mol. The number of nitrogens with zero attached hydrogens (tertiary/aromatic N) is 2. The van der Waals surface area contributed by atoms with Crippen LogP contribution < -0.4 is 10.5 Å². The van der Waals surface area contributed by atoms with Crippen LogP contribution >= 0.6 is 24.0 Å². The van der Waals surface area contributed by atoms with Gasteiger partial charge in [0.2, 0.25) is 0 Å². The molecule has 136 valence electrons. The SMILES string of the molecule is I.NC(=NCc1cccc(OCC(F)(F)F)c1)N1CCCCCC1. The fourth-order valence-electron chi connectivity index (χ4n) is 2.47. The van der Waals surface area contributed by atoms with E-state index in [0.717, 1.165) is 31.5 Å². The number of rotatable bonds is 4. The Balaban J connectivity index is 0.00000288. The lowest BCUT2D eigenvalue weighted by molar-refractivity contribution is -0.153. The van der Waals surface area contributed by atoms with Crippen LogP contribution in [0.25, 0.3) is 0 Å². The van der Waals surface area contributed by atoms with Gasteiger partial charge in [-0.15, -0.1) is 24.0 Å². The monoisotopic (exact) mass is 457 g/mol. The van der Waals surface area contributed by atoms with Crippen LogP contribution in [-0.2, 0) is 6.54 Å². The van der Waals surface area contributed by atoms with Gasteiger partial charge in [-0.25, -0.2) is 4.99 Å². The van der Waals surface area contributed by atoms with Gasteiger partial charge >= 0.3 is 6.18 Å². The summed E-state index contributed by atoms with van der Waals surface area (Å²) in [7, 11) is 0. The molecule has 2 rings (SSSR count). The van der Waals surface area contributed by atoms with E-state index in [9.17, 15) is 13.2 Å². The van der Waals surface area contributed by atoms with Gasteiger partial charge in [-0.05, 0) is 30.5 Å². The highest BCUT2D eigenvalue weighted by atomic mass is 127. The molecule has 0 unspecified atom stereocenters. The second kappa shape index (κ2) is 9.95. The van der Waals surface area contributed by atoms with Crippen LogP contribution in [-0.4, -0.2) is 36.7 Å². The van der Waals surface area contributed by atoms with Gasteiger partial charge in [-0.1, -0.05) is 25.0 Å². The van der Waals surface area contributed by atoms with Crippen molar-refractivity contribution >= 4 is 29.9 Å². The van der Waals surface area contributed by atoms with Crippen molar-refractivity contribution < 1.29 is 17.9 Å². The average Bonchev–Trinajstić information content (AvgIpc) is 2.80. The van der Waals surface area contributed by atoms with Crippen LogP contribution in [0, 0.1) is 0 Å². The van der Waals surface area contributed by atoms with Crippen LogP contribution in [0.4, 0.5) is 13.2 Å².